The second-order valence-corrected chi connectivity index (χ2v) is 4.69. The molecule has 2 atom stereocenters. The zero-order chi connectivity index (χ0) is 12.8. The van der Waals surface area contributed by atoms with Gasteiger partial charge in [0.1, 0.15) is 0 Å². The van der Waals surface area contributed by atoms with Crippen molar-refractivity contribution >= 4 is 11.9 Å². The van der Waals surface area contributed by atoms with Crippen molar-refractivity contribution in [2.24, 2.45) is 11.8 Å². The topological polar surface area (TPSA) is 75.6 Å². The number of carbonyl (C=O) groups excluding carboxylic acids is 1. The second-order valence-electron chi connectivity index (χ2n) is 4.69. The quantitative estimate of drug-likeness (QED) is 0.655. The highest BCUT2D eigenvalue weighted by atomic mass is 16.5. The number of hydrogen-bond donors (Lipinski definition) is 2. The molecular weight excluding hydrogens is 222 g/mol. The molecule has 0 aromatic rings. The Morgan fingerprint density at radius 2 is 2.00 bits per heavy atom. The fraction of sp³-hybridized carbons (Fsp3) is 0.833. The van der Waals surface area contributed by atoms with E-state index < -0.39 is 11.9 Å². The van der Waals surface area contributed by atoms with Crippen molar-refractivity contribution in [1.29, 1.82) is 0 Å². The number of amides is 1. The summed E-state index contributed by atoms with van der Waals surface area (Å²) < 4.78 is 5.34. The van der Waals surface area contributed by atoms with Crippen LogP contribution in [0, 0.1) is 11.8 Å². The minimum Gasteiger partial charge on any atom is -0.481 e. The van der Waals surface area contributed by atoms with Crippen LogP contribution in [0.25, 0.3) is 0 Å². The van der Waals surface area contributed by atoms with E-state index in [1.54, 1.807) is 0 Å². The first-order valence-corrected chi connectivity index (χ1v) is 6.14. The molecule has 2 unspecified atom stereocenters. The number of carboxylic acids is 1. The zero-order valence-electron chi connectivity index (χ0n) is 10.4. The summed E-state index contributed by atoms with van der Waals surface area (Å²) in [5, 5.41) is 11.6. The van der Waals surface area contributed by atoms with Crippen LogP contribution in [0.1, 0.15) is 33.1 Å². The average molecular weight is 243 g/mol. The lowest BCUT2D eigenvalue weighted by Crippen LogP contribution is -2.44. The molecule has 0 saturated heterocycles. The van der Waals surface area contributed by atoms with E-state index in [-0.39, 0.29) is 17.9 Å². The third-order valence-corrected chi connectivity index (χ3v) is 3.00. The van der Waals surface area contributed by atoms with Gasteiger partial charge in [0.05, 0.1) is 17.9 Å². The van der Waals surface area contributed by atoms with Crippen molar-refractivity contribution in [2.45, 2.75) is 39.2 Å². The van der Waals surface area contributed by atoms with Gasteiger partial charge in [-0.05, 0) is 33.1 Å². The van der Waals surface area contributed by atoms with Crippen LogP contribution >= 0.6 is 0 Å². The van der Waals surface area contributed by atoms with Gasteiger partial charge in [-0.2, -0.15) is 0 Å². The van der Waals surface area contributed by atoms with E-state index in [1.807, 2.05) is 13.8 Å². The molecule has 5 heteroatoms. The Bertz CT molecular complexity index is 278. The third kappa shape index (κ3) is 4.34. The van der Waals surface area contributed by atoms with E-state index in [0.717, 1.165) is 6.42 Å². The normalized spacial score (nSPS) is 23.2. The standard InChI is InChI=1S/C12H21NO4/c1-8(2)17-7-3-6-13-11(14)9-4-5-10(9)12(15)16/h8-10H,3-7H2,1-2H3,(H,13,14)(H,15,16). The molecule has 17 heavy (non-hydrogen) atoms. The number of carboxylic acid groups (broad SMARTS) is 1. The minimum absolute atomic E-state index is 0.131. The lowest BCUT2D eigenvalue weighted by Gasteiger charge is -2.31. The summed E-state index contributed by atoms with van der Waals surface area (Å²) in [6.45, 7) is 5.09. The van der Waals surface area contributed by atoms with E-state index in [4.69, 9.17) is 9.84 Å². The summed E-state index contributed by atoms with van der Waals surface area (Å²) in [6, 6.07) is 0. The fourth-order valence-corrected chi connectivity index (χ4v) is 1.84. The maximum absolute atomic E-state index is 11.6. The fourth-order valence-electron chi connectivity index (χ4n) is 1.84. The van der Waals surface area contributed by atoms with Gasteiger partial charge in [0.25, 0.3) is 0 Å². The molecule has 0 heterocycles. The van der Waals surface area contributed by atoms with Gasteiger partial charge >= 0.3 is 5.97 Å². The average Bonchev–Trinajstić information content (AvgIpc) is 2.13. The van der Waals surface area contributed by atoms with Crippen molar-refractivity contribution in [2.75, 3.05) is 13.2 Å². The Kier molecular flexibility index (Phi) is 5.41. The van der Waals surface area contributed by atoms with E-state index >= 15 is 0 Å². The Balaban J connectivity index is 2.11. The zero-order valence-corrected chi connectivity index (χ0v) is 10.4. The highest BCUT2D eigenvalue weighted by Gasteiger charge is 2.41. The first kappa shape index (κ1) is 14.0. The number of carbonyl (C=O) groups is 2. The summed E-state index contributed by atoms with van der Waals surface area (Å²) in [5.74, 6) is -1.81. The molecule has 0 radical (unpaired) electrons. The monoisotopic (exact) mass is 243 g/mol. The molecule has 1 fully saturated rings. The molecule has 1 aliphatic carbocycles. The first-order chi connectivity index (χ1) is 8.02. The molecule has 0 spiro atoms. The molecule has 5 nitrogen and oxygen atoms in total. The Morgan fingerprint density at radius 1 is 1.35 bits per heavy atom. The lowest BCUT2D eigenvalue weighted by molar-refractivity contribution is -0.152. The van der Waals surface area contributed by atoms with Crippen LogP contribution in [-0.2, 0) is 14.3 Å². The lowest BCUT2D eigenvalue weighted by atomic mass is 9.73. The maximum atomic E-state index is 11.6. The van der Waals surface area contributed by atoms with Gasteiger partial charge in [0.2, 0.25) is 5.91 Å². The molecule has 0 aromatic carbocycles. The van der Waals surface area contributed by atoms with Crippen LogP contribution in [0.5, 0.6) is 0 Å². The number of rotatable bonds is 7. The highest BCUT2D eigenvalue weighted by molar-refractivity contribution is 5.86. The SMILES string of the molecule is CC(C)OCCCNC(=O)C1CCC1C(=O)O. The highest BCUT2D eigenvalue weighted by Crippen LogP contribution is 2.34. The number of aliphatic carboxylic acids is 1. The third-order valence-electron chi connectivity index (χ3n) is 3.00. The van der Waals surface area contributed by atoms with Crippen LogP contribution in [0.4, 0.5) is 0 Å². The van der Waals surface area contributed by atoms with E-state index in [1.165, 1.54) is 0 Å². The molecule has 1 rings (SSSR count). The van der Waals surface area contributed by atoms with Crippen LogP contribution in [0.3, 0.4) is 0 Å². The van der Waals surface area contributed by atoms with Gasteiger partial charge in [-0.1, -0.05) is 0 Å². The van der Waals surface area contributed by atoms with Gasteiger partial charge in [0.15, 0.2) is 0 Å². The molecule has 0 aliphatic heterocycles. The van der Waals surface area contributed by atoms with Gasteiger partial charge < -0.3 is 15.2 Å². The Morgan fingerprint density at radius 3 is 2.47 bits per heavy atom. The van der Waals surface area contributed by atoms with E-state index in [0.29, 0.717) is 26.0 Å². The van der Waals surface area contributed by atoms with E-state index in [9.17, 15) is 9.59 Å². The maximum Gasteiger partial charge on any atom is 0.307 e. The Hall–Kier alpha value is -1.10. The number of nitrogens with one attached hydrogen (secondary N) is 1. The molecule has 98 valence electrons. The molecule has 0 bridgehead atoms. The Labute approximate surface area is 102 Å². The number of ether oxygens (including phenoxy) is 1. The van der Waals surface area contributed by atoms with Gasteiger partial charge in [-0.25, -0.2) is 0 Å². The summed E-state index contributed by atoms with van der Waals surface area (Å²) in [6.07, 6.45) is 2.26. The van der Waals surface area contributed by atoms with Crippen LogP contribution < -0.4 is 5.32 Å². The van der Waals surface area contributed by atoms with Crippen molar-refractivity contribution in [3.05, 3.63) is 0 Å². The molecule has 1 aliphatic rings. The number of hydrogen-bond acceptors (Lipinski definition) is 3. The van der Waals surface area contributed by atoms with Crippen LogP contribution in [0.15, 0.2) is 0 Å². The predicted molar refractivity (Wildman–Crippen MR) is 62.6 cm³/mol. The molecule has 1 saturated carbocycles. The molecular formula is C12H21NO4. The second kappa shape index (κ2) is 6.59. The molecule has 0 aromatic heterocycles. The summed E-state index contributed by atoms with van der Waals surface area (Å²) in [4.78, 5) is 22.4. The van der Waals surface area contributed by atoms with Gasteiger partial charge in [-0.3, -0.25) is 9.59 Å². The van der Waals surface area contributed by atoms with Crippen molar-refractivity contribution in [3.63, 3.8) is 0 Å². The van der Waals surface area contributed by atoms with Gasteiger partial charge in [-0.15, -0.1) is 0 Å². The molecule has 1 amide bonds. The van der Waals surface area contributed by atoms with Crippen molar-refractivity contribution in [1.82, 2.24) is 5.32 Å². The van der Waals surface area contributed by atoms with Crippen LogP contribution in [-0.4, -0.2) is 36.2 Å². The van der Waals surface area contributed by atoms with E-state index in [2.05, 4.69) is 5.32 Å². The summed E-state index contributed by atoms with van der Waals surface area (Å²) >= 11 is 0. The predicted octanol–water partition coefficient (Wildman–Crippen LogP) is 1.03. The summed E-state index contributed by atoms with van der Waals surface area (Å²) in [5.41, 5.74) is 0. The largest absolute Gasteiger partial charge is 0.481 e. The summed E-state index contributed by atoms with van der Waals surface area (Å²) in [7, 11) is 0. The first-order valence-electron chi connectivity index (χ1n) is 6.14. The van der Waals surface area contributed by atoms with Crippen molar-refractivity contribution < 1.29 is 19.4 Å². The van der Waals surface area contributed by atoms with Crippen molar-refractivity contribution in [3.8, 4) is 0 Å². The minimum atomic E-state index is -0.862. The van der Waals surface area contributed by atoms with Crippen LogP contribution in [0.2, 0.25) is 0 Å². The van der Waals surface area contributed by atoms with Gasteiger partial charge in [0, 0.05) is 13.2 Å². The smallest absolute Gasteiger partial charge is 0.307 e. The molecule has 2 N–H and O–H groups in total.